The molecule has 0 aliphatic carbocycles. The lowest BCUT2D eigenvalue weighted by Gasteiger charge is -2.33. The Bertz CT molecular complexity index is 869. The first-order valence-corrected chi connectivity index (χ1v) is 12.4. The molecular weight excluding hydrogens is 392 g/mol. The maximum absolute atomic E-state index is 11.4. The predicted octanol–water partition coefficient (Wildman–Crippen LogP) is 2.63. The number of rotatable bonds is 6. The van der Waals surface area contributed by atoms with E-state index in [1.165, 1.54) is 11.3 Å². The predicted molar refractivity (Wildman–Crippen MR) is 118 cm³/mol. The zero-order valence-corrected chi connectivity index (χ0v) is 18.0. The van der Waals surface area contributed by atoms with Gasteiger partial charge in [-0.2, -0.15) is 0 Å². The van der Waals surface area contributed by atoms with Gasteiger partial charge in [0.1, 0.15) is 0 Å². The zero-order valence-electron chi connectivity index (χ0n) is 16.4. The summed E-state index contributed by atoms with van der Waals surface area (Å²) in [7, 11) is -1.22. The molecule has 3 rings (SSSR count). The molecule has 1 fully saturated rings. The third kappa shape index (κ3) is 6.24. The molecule has 1 aliphatic heterocycles. The Balaban J connectivity index is 1.45. The lowest BCUT2D eigenvalue weighted by molar-refractivity contribution is 0.463. The third-order valence-corrected chi connectivity index (χ3v) is 6.58. The van der Waals surface area contributed by atoms with Crippen LogP contribution in [0, 0.1) is 0 Å². The Morgan fingerprint density at radius 1 is 1.18 bits per heavy atom. The highest BCUT2D eigenvalue weighted by Crippen LogP contribution is 2.24. The van der Waals surface area contributed by atoms with Gasteiger partial charge in [-0.3, -0.25) is 4.99 Å². The number of aliphatic imine (C=N–C) groups is 1. The largest absolute Gasteiger partial charge is 0.363 e. The summed E-state index contributed by atoms with van der Waals surface area (Å²) in [5.41, 5.74) is 1.90. The molecule has 1 aromatic carbocycles. The van der Waals surface area contributed by atoms with Gasteiger partial charge < -0.3 is 15.5 Å². The van der Waals surface area contributed by atoms with Crippen molar-refractivity contribution in [1.82, 2.24) is 10.6 Å². The van der Waals surface area contributed by atoms with Crippen molar-refractivity contribution in [3.8, 4) is 0 Å². The fourth-order valence-electron chi connectivity index (χ4n) is 3.32. The fourth-order valence-corrected chi connectivity index (χ4v) is 4.91. The molecular formula is C20H28N4O2S2. The van der Waals surface area contributed by atoms with Crippen molar-refractivity contribution in [2.75, 3.05) is 31.3 Å². The zero-order chi connectivity index (χ0) is 20.0. The van der Waals surface area contributed by atoms with Crippen LogP contribution in [0.25, 0.3) is 0 Å². The van der Waals surface area contributed by atoms with E-state index >= 15 is 0 Å². The van der Waals surface area contributed by atoms with Gasteiger partial charge in [0, 0.05) is 39.0 Å². The van der Waals surface area contributed by atoms with Gasteiger partial charge in [0.15, 0.2) is 15.8 Å². The summed E-state index contributed by atoms with van der Waals surface area (Å²) in [6.45, 7) is 2.75. The molecule has 8 heteroatoms. The molecule has 0 spiro atoms. The molecule has 1 aliphatic rings. The quantitative estimate of drug-likeness (QED) is 0.555. The van der Waals surface area contributed by atoms with Crippen LogP contribution in [0.5, 0.6) is 0 Å². The fraction of sp³-hybridized carbons (Fsp3) is 0.450. The topological polar surface area (TPSA) is 73.8 Å². The van der Waals surface area contributed by atoms with Gasteiger partial charge in [-0.25, -0.2) is 8.42 Å². The van der Waals surface area contributed by atoms with Crippen molar-refractivity contribution in [1.29, 1.82) is 0 Å². The van der Waals surface area contributed by atoms with Crippen LogP contribution < -0.4 is 15.5 Å². The van der Waals surface area contributed by atoms with Crippen LogP contribution in [0.1, 0.15) is 24.0 Å². The minimum atomic E-state index is -3.00. The van der Waals surface area contributed by atoms with E-state index in [9.17, 15) is 8.42 Å². The molecule has 28 heavy (non-hydrogen) atoms. The lowest BCUT2D eigenvalue weighted by atomic mass is 10.1. The number of benzene rings is 1. The molecule has 152 valence electrons. The monoisotopic (exact) mass is 420 g/mol. The molecule has 2 N–H and O–H groups in total. The summed E-state index contributed by atoms with van der Waals surface area (Å²) in [6.07, 6.45) is 3.42. The number of thiophene rings is 1. The summed E-state index contributed by atoms with van der Waals surface area (Å²) in [5, 5.41) is 10.3. The van der Waals surface area contributed by atoms with Gasteiger partial charge in [-0.1, -0.05) is 24.3 Å². The minimum absolute atomic E-state index is 0.0775. The van der Waals surface area contributed by atoms with Crippen LogP contribution in [-0.2, 0) is 22.1 Å². The molecule has 0 radical (unpaired) electrons. The SMILES string of the molecule is CN=C(NCc1ccc(CS(C)(=O)=O)cc1)NC1CCN(c2cccs2)CC1. The van der Waals surface area contributed by atoms with E-state index in [1.807, 2.05) is 24.3 Å². The second-order valence-corrected chi connectivity index (χ2v) is 10.2. The summed E-state index contributed by atoms with van der Waals surface area (Å²) in [4.78, 5) is 6.78. The number of nitrogens with one attached hydrogen (secondary N) is 2. The smallest absolute Gasteiger partial charge is 0.191 e. The van der Waals surface area contributed by atoms with Gasteiger partial charge in [0.25, 0.3) is 0 Å². The maximum Gasteiger partial charge on any atom is 0.191 e. The first-order valence-electron chi connectivity index (χ1n) is 9.44. The Labute approximate surface area is 171 Å². The van der Waals surface area contributed by atoms with E-state index in [1.54, 1.807) is 18.4 Å². The maximum atomic E-state index is 11.4. The van der Waals surface area contributed by atoms with Gasteiger partial charge in [0.2, 0.25) is 0 Å². The Morgan fingerprint density at radius 3 is 2.43 bits per heavy atom. The van der Waals surface area contributed by atoms with Crippen LogP contribution >= 0.6 is 11.3 Å². The summed E-state index contributed by atoms with van der Waals surface area (Å²) in [6, 6.07) is 12.4. The number of guanidine groups is 1. The average Bonchev–Trinajstić information content (AvgIpc) is 3.20. The highest BCUT2D eigenvalue weighted by Gasteiger charge is 2.20. The van der Waals surface area contributed by atoms with E-state index in [-0.39, 0.29) is 5.75 Å². The molecule has 6 nitrogen and oxygen atoms in total. The first-order chi connectivity index (χ1) is 13.4. The highest BCUT2D eigenvalue weighted by atomic mass is 32.2. The average molecular weight is 421 g/mol. The van der Waals surface area contributed by atoms with Crippen LogP contribution in [0.15, 0.2) is 46.8 Å². The van der Waals surface area contributed by atoms with E-state index < -0.39 is 9.84 Å². The second-order valence-electron chi connectivity index (χ2n) is 7.17. The minimum Gasteiger partial charge on any atom is -0.363 e. The van der Waals surface area contributed by atoms with Crippen LogP contribution in [0.4, 0.5) is 5.00 Å². The normalized spacial score (nSPS) is 16.2. The summed E-state index contributed by atoms with van der Waals surface area (Å²) >= 11 is 1.79. The lowest BCUT2D eigenvalue weighted by Crippen LogP contribution is -2.48. The molecule has 1 saturated heterocycles. The molecule has 0 amide bonds. The van der Waals surface area contributed by atoms with Crippen molar-refractivity contribution < 1.29 is 8.42 Å². The van der Waals surface area contributed by atoms with Crippen molar-refractivity contribution in [3.05, 3.63) is 52.9 Å². The summed E-state index contributed by atoms with van der Waals surface area (Å²) in [5.74, 6) is 0.878. The van der Waals surface area contributed by atoms with E-state index in [2.05, 4.69) is 38.0 Å². The van der Waals surface area contributed by atoms with Crippen LogP contribution in [0.3, 0.4) is 0 Å². The number of hydrogen-bond acceptors (Lipinski definition) is 5. The number of hydrogen-bond donors (Lipinski definition) is 2. The Kier molecular flexibility index (Phi) is 6.96. The first kappa shape index (κ1) is 20.7. The number of piperidine rings is 1. The molecule has 2 aromatic rings. The van der Waals surface area contributed by atoms with Gasteiger partial charge in [-0.05, 0) is 41.5 Å². The summed E-state index contributed by atoms with van der Waals surface area (Å²) < 4.78 is 22.8. The number of nitrogens with zero attached hydrogens (tertiary/aromatic N) is 2. The number of sulfone groups is 1. The molecule has 0 unspecified atom stereocenters. The van der Waals surface area contributed by atoms with Crippen molar-refractivity contribution in [2.24, 2.45) is 4.99 Å². The van der Waals surface area contributed by atoms with Crippen molar-refractivity contribution in [2.45, 2.75) is 31.2 Å². The van der Waals surface area contributed by atoms with Crippen LogP contribution in [0.2, 0.25) is 0 Å². The Morgan fingerprint density at radius 2 is 1.86 bits per heavy atom. The van der Waals surface area contributed by atoms with Crippen molar-refractivity contribution in [3.63, 3.8) is 0 Å². The van der Waals surface area contributed by atoms with Gasteiger partial charge in [0.05, 0.1) is 10.8 Å². The van der Waals surface area contributed by atoms with E-state index in [0.717, 1.165) is 43.0 Å². The molecule has 1 aromatic heterocycles. The molecule has 2 heterocycles. The standard InChI is InChI=1S/C20H28N4O2S2/c1-21-20(22-14-16-5-7-17(8-6-16)15-28(2,25)26)23-18-9-11-24(12-10-18)19-4-3-13-27-19/h3-8,13,18H,9-12,14-15H2,1-2H3,(H2,21,22,23). The third-order valence-electron chi connectivity index (χ3n) is 4.79. The molecule has 0 saturated carbocycles. The van der Waals surface area contributed by atoms with E-state index in [0.29, 0.717) is 12.6 Å². The second kappa shape index (κ2) is 9.43. The van der Waals surface area contributed by atoms with E-state index in [4.69, 9.17) is 0 Å². The Hall–Kier alpha value is -2.06. The highest BCUT2D eigenvalue weighted by molar-refractivity contribution is 7.89. The molecule has 0 atom stereocenters. The van der Waals surface area contributed by atoms with Gasteiger partial charge in [-0.15, -0.1) is 11.3 Å². The van der Waals surface area contributed by atoms with Gasteiger partial charge >= 0.3 is 0 Å². The number of anilines is 1. The van der Waals surface area contributed by atoms with Crippen LogP contribution in [-0.4, -0.2) is 46.8 Å². The van der Waals surface area contributed by atoms with Crippen molar-refractivity contribution >= 4 is 32.1 Å². The molecule has 0 bridgehead atoms.